The summed E-state index contributed by atoms with van der Waals surface area (Å²) < 4.78 is 38.1. The maximum atomic E-state index is 14.7. The summed E-state index contributed by atoms with van der Waals surface area (Å²) in [5, 5.41) is 0. The van der Waals surface area contributed by atoms with Gasteiger partial charge in [-0.3, -0.25) is 9.69 Å². The van der Waals surface area contributed by atoms with E-state index in [0.29, 0.717) is 12.0 Å². The van der Waals surface area contributed by atoms with Gasteiger partial charge in [0, 0.05) is 32.1 Å². The van der Waals surface area contributed by atoms with Gasteiger partial charge in [-0.1, -0.05) is 0 Å². The molecule has 3 aliphatic heterocycles. The van der Waals surface area contributed by atoms with Crippen molar-refractivity contribution in [2.75, 3.05) is 39.3 Å². The summed E-state index contributed by atoms with van der Waals surface area (Å²) in [5.41, 5.74) is -0.602. The molecule has 8 nitrogen and oxygen atoms in total. The summed E-state index contributed by atoms with van der Waals surface area (Å²) in [4.78, 5) is 39.6. The fourth-order valence-electron chi connectivity index (χ4n) is 5.19. The van der Waals surface area contributed by atoms with Crippen LogP contribution in [0.2, 0.25) is 0 Å². The van der Waals surface area contributed by atoms with Crippen LogP contribution in [0.1, 0.15) is 80.1 Å². The van der Waals surface area contributed by atoms with Gasteiger partial charge in [0.05, 0.1) is 13.1 Å². The molecule has 10 heteroatoms. The van der Waals surface area contributed by atoms with Crippen LogP contribution in [0.15, 0.2) is 0 Å². The first kappa shape index (κ1) is 29.6. The third kappa shape index (κ3) is 8.79. The summed E-state index contributed by atoms with van der Waals surface area (Å²) in [6.07, 6.45) is 2.46. The van der Waals surface area contributed by atoms with Crippen molar-refractivity contribution in [1.29, 1.82) is 0 Å². The van der Waals surface area contributed by atoms with Gasteiger partial charge in [0.25, 0.3) is 0 Å². The number of carbonyl (C=O) groups is 3. The number of carbonyl (C=O) groups excluding carboxylic acids is 3. The number of rotatable bonds is 1. The molecule has 0 aromatic carbocycles. The molecule has 4 rings (SSSR count). The smallest absolute Gasteiger partial charge is 0.410 e. The van der Waals surface area contributed by atoms with Gasteiger partial charge in [0.2, 0.25) is 0 Å². The Kier molecular flexibility index (Phi) is 9.13. The molecule has 1 saturated carbocycles. The van der Waals surface area contributed by atoms with E-state index in [2.05, 4.69) is 4.90 Å². The molecule has 0 bridgehead atoms. The van der Waals surface area contributed by atoms with Crippen LogP contribution in [0.4, 0.5) is 18.4 Å². The number of ether oxygens (including phenoxy) is 2. The molecule has 1 aliphatic carbocycles. The standard InChI is InChI=1S/C17H29FN2O2.C10H16FNO3/c1-16(2,3)22-15(21)19-10-5-14(13(18)11-19)20-9-4-6-17(12-20)7-8-17;1-10(2,3)15-9(14)12-5-4-8(13)7(11)6-12/h13-14H,4-12H2,1-3H3;7H,4-6H2,1-3H3/t;7-/m.1/s1. The normalized spacial score (nSPS) is 28.3. The summed E-state index contributed by atoms with van der Waals surface area (Å²) in [6, 6.07) is -0.0172. The van der Waals surface area contributed by atoms with E-state index in [1.807, 2.05) is 20.8 Å². The lowest BCUT2D eigenvalue weighted by atomic mass is 9.91. The van der Waals surface area contributed by atoms with Crippen LogP contribution in [0.3, 0.4) is 0 Å². The number of amides is 2. The van der Waals surface area contributed by atoms with Gasteiger partial charge in [-0.2, -0.15) is 0 Å². The van der Waals surface area contributed by atoms with Crippen LogP contribution >= 0.6 is 0 Å². The first-order chi connectivity index (χ1) is 17.1. The Labute approximate surface area is 220 Å². The van der Waals surface area contributed by atoms with Crippen molar-refractivity contribution in [3.8, 4) is 0 Å². The van der Waals surface area contributed by atoms with Crippen LogP contribution in [0.25, 0.3) is 0 Å². The highest BCUT2D eigenvalue weighted by Crippen LogP contribution is 2.52. The zero-order chi connectivity index (χ0) is 27.6. The molecule has 0 N–H and O–H groups in total. The van der Waals surface area contributed by atoms with E-state index in [1.165, 1.54) is 35.5 Å². The number of hydrogen-bond donors (Lipinski definition) is 0. The van der Waals surface area contributed by atoms with E-state index in [1.54, 1.807) is 20.8 Å². The lowest BCUT2D eigenvalue weighted by molar-refractivity contribution is -0.127. The van der Waals surface area contributed by atoms with Gasteiger partial charge in [-0.15, -0.1) is 0 Å². The minimum atomic E-state index is -1.56. The van der Waals surface area contributed by atoms with Gasteiger partial charge in [-0.25, -0.2) is 18.4 Å². The second-order valence-corrected chi connectivity index (χ2v) is 13.0. The highest BCUT2D eigenvalue weighted by atomic mass is 19.1. The van der Waals surface area contributed by atoms with Gasteiger partial charge >= 0.3 is 12.2 Å². The molecule has 4 fully saturated rings. The van der Waals surface area contributed by atoms with E-state index in [0.717, 1.165) is 19.5 Å². The predicted octanol–water partition coefficient (Wildman–Crippen LogP) is 4.74. The average molecular weight is 530 g/mol. The minimum absolute atomic E-state index is 0.0172. The minimum Gasteiger partial charge on any atom is -0.444 e. The number of nitrogens with zero attached hydrogens (tertiary/aromatic N) is 3. The van der Waals surface area contributed by atoms with Crippen LogP contribution in [0.5, 0.6) is 0 Å². The Balaban J connectivity index is 0.000000222. The van der Waals surface area contributed by atoms with Crippen LogP contribution in [-0.2, 0) is 14.3 Å². The molecule has 212 valence electrons. The molecular formula is C27H45F2N3O5. The van der Waals surface area contributed by atoms with E-state index in [-0.39, 0.29) is 38.2 Å². The number of hydrogen-bond acceptors (Lipinski definition) is 6. The van der Waals surface area contributed by atoms with Crippen LogP contribution in [-0.4, -0.2) is 102 Å². The number of Topliss-reactive ketones (excluding diaryl/α,β-unsaturated/α-hetero) is 1. The van der Waals surface area contributed by atoms with Crippen molar-refractivity contribution in [3.63, 3.8) is 0 Å². The number of likely N-dealkylation sites (tertiary alicyclic amines) is 3. The summed E-state index contributed by atoms with van der Waals surface area (Å²) in [7, 11) is 0. The Morgan fingerprint density at radius 3 is 1.92 bits per heavy atom. The number of alkyl halides is 2. The average Bonchev–Trinajstić information content (AvgIpc) is 3.51. The summed E-state index contributed by atoms with van der Waals surface area (Å²) in [5.74, 6) is -0.435. The maximum absolute atomic E-state index is 14.7. The highest BCUT2D eigenvalue weighted by molar-refractivity contribution is 5.85. The third-order valence-corrected chi connectivity index (χ3v) is 7.29. The van der Waals surface area contributed by atoms with Gasteiger partial charge in [0.1, 0.15) is 17.4 Å². The van der Waals surface area contributed by atoms with Gasteiger partial charge in [-0.05, 0) is 85.6 Å². The van der Waals surface area contributed by atoms with Crippen molar-refractivity contribution < 1.29 is 32.6 Å². The zero-order valence-corrected chi connectivity index (χ0v) is 23.4. The quantitative estimate of drug-likeness (QED) is 0.488. The topological polar surface area (TPSA) is 79.4 Å². The molecular weight excluding hydrogens is 484 g/mol. The SMILES string of the molecule is CC(C)(C)OC(=O)N1CCC(=O)[C@H](F)C1.CC(C)(C)OC(=O)N1CCC(N2CCCC3(CC3)C2)C(F)C1. The van der Waals surface area contributed by atoms with Crippen molar-refractivity contribution in [1.82, 2.24) is 14.7 Å². The third-order valence-electron chi connectivity index (χ3n) is 7.29. The van der Waals surface area contributed by atoms with Gasteiger partial charge in [0.15, 0.2) is 12.0 Å². The Morgan fingerprint density at radius 1 is 0.865 bits per heavy atom. The van der Waals surface area contributed by atoms with E-state index >= 15 is 0 Å². The summed E-state index contributed by atoms with van der Waals surface area (Å²) in [6.45, 7) is 13.7. The molecule has 1 spiro atoms. The Bertz CT molecular complexity index is 837. The molecule has 4 aliphatic rings. The van der Waals surface area contributed by atoms with Gasteiger partial charge < -0.3 is 19.3 Å². The maximum Gasteiger partial charge on any atom is 0.410 e. The first-order valence-electron chi connectivity index (χ1n) is 13.6. The molecule has 37 heavy (non-hydrogen) atoms. The molecule has 2 amide bonds. The fourth-order valence-corrected chi connectivity index (χ4v) is 5.19. The predicted molar refractivity (Wildman–Crippen MR) is 136 cm³/mol. The zero-order valence-electron chi connectivity index (χ0n) is 23.4. The fraction of sp³-hybridized carbons (Fsp3) is 0.889. The van der Waals surface area contributed by atoms with E-state index in [4.69, 9.17) is 9.47 Å². The lowest BCUT2D eigenvalue weighted by Gasteiger charge is -2.44. The summed E-state index contributed by atoms with van der Waals surface area (Å²) >= 11 is 0. The monoisotopic (exact) mass is 529 g/mol. The van der Waals surface area contributed by atoms with Crippen LogP contribution in [0, 0.1) is 5.41 Å². The second-order valence-electron chi connectivity index (χ2n) is 13.0. The molecule has 0 radical (unpaired) electrons. The molecule has 3 saturated heterocycles. The Morgan fingerprint density at radius 2 is 1.43 bits per heavy atom. The molecule has 0 aromatic rings. The van der Waals surface area contributed by atoms with Crippen molar-refractivity contribution in [2.45, 2.75) is 110 Å². The van der Waals surface area contributed by atoms with Crippen molar-refractivity contribution >= 4 is 18.0 Å². The molecule has 0 aromatic heterocycles. The first-order valence-corrected chi connectivity index (χ1v) is 13.6. The number of ketones is 1. The lowest BCUT2D eigenvalue weighted by Crippen LogP contribution is -2.56. The second kappa shape index (κ2) is 11.4. The largest absolute Gasteiger partial charge is 0.444 e. The number of halogens is 2. The molecule has 3 atom stereocenters. The molecule has 3 heterocycles. The van der Waals surface area contributed by atoms with Crippen molar-refractivity contribution in [3.05, 3.63) is 0 Å². The van der Waals surface area contributed by atoms with Crippen molar-refractivity contribution in [2.24, 2.45) is 5.41 Å². The highest BCUT2D eigenvalue weighted by Gasteiger charge is 2.48. The number of piperidine rings is 3. The van der Waals surface area contributed by atoms with E-state index < -0.39 is 35.4 Å². The Hall–Kier alpha value is -1.97. The van der Waals surface area contributed by atoms with Crippen LogP contribution < -0.4 is 0 Å². The van der Waals surface area contributed by atoms with E-state index in [9.17, 15) is 23.2 Å². The molecule has 2 unspecified atom stereocenters.